The molecule has 0 saturated heterocycles. The molecule has 0 aliphatic carbocycles. The van der Waals surface area contributed by atoms with Crippen molar-refractivity contribution in [1.29, 1.82) is 0 Å². The Morgan fingerprint density at radius 2 is 2.18 bits per heavy atom. The van der Waals surface area contributed by atoms with E-state index in [1.807, 2.05) is 13.0 Å². The quantitative estimate of drug-likeness (QED) is 0.635. The Hall–Kier alpha value is -0.790. The Morgan fingerprint density at radius 1 is 1.64 bits per heavy atom. The molecule has 1 N–H and O–H groups in total. The van der Waals surface area contributed by atoms with Crippen LogP contribution in [0.25, 0.3) is 0 Å². The van der Waals surface area contributed by atoms with Gasteiger partial charge in [-0.05, 0) is 19.3 Å². The van der Waals surface area contributed by atoms with E-state index >= 15 is 0 Å². The minimum Gasteiger partial charge on any atom is -0.478 e. The van der Waals surface area contributed by atoms with Crippen molar-refractivity contribution in [2.45, 2.75) is 33.6 Å². The predicted molar refractivity (Wildman–Crippen MR) is 45.5 cm³/mol. The Bertz CT molecular complexity index is 159. The van der Waals surface area contributed by atoms with Crippen molar-refractivity contribution in [2.75, 3.05) is 0 Å². The first kappa shape index (κ1) is 10.2. The van der Waals surface area contributed by atoms with Crippen LogP contribution in [0.3, 0.4) is 0 Å². The fourth-order valence-corrected chi connectivity index (χ4v) is 1.04. The van der Waals surface area contributed by atoms with Crippen LogP contribution >= 0.6 is 0 Å². The molecule has 0 spiro atoms. The van der Waals surface area contributed by atoms with Crippen LogP contribution in [0, 0.1) is 5.92 Å². The van der Waals surface area contributed by atoms with Crippen LogP contribution in [0.4, 0.5) is 0 Å². The number of carbonyl (C=O) groups is 1. The van der Waals surface area contributed by atoms with Gasteiger partial charge in [0.15, 0.2) is 0 Å². The highest BCUT2D eigenvalue weighted by molar-refractivity contribution is 5.85. The molecule has 0 unspecified atom stereocenters. The molecule has 0 heterocycles. The molecule has 0 amide bonds. The van der Waals surface area contributed by atoms with Gasteiger partial charge in [-0.1, -0.05) is 26.3 Å². The van der Waals surface area contributed by atoms with E-state index in [1.165, 1.54) is 0 Å². The van der Waals surface area contributed by atoms with E-state index in [0.29, 0.717) is 11.5 Å². The Balaban J connectivity index is 3.96. The zero-order valence-corrected chi connectivity index (χ0v) is 7.42. The number of allylic oxidation sites excluding steroid dienone is 1. The number of rotatable bonds is 4. The van der Waals surface area contributed by atoms with Crippen molar-refractivity contribution in [3.05, 3.63) is 11.6 Å². The van der Waals surface area contributed by atoms with Gasteiger partial charge >= 0.3 is 5.97 Å². The molecule has 2 heteroatoms. The highest BCUT2D eigenvalue weighted by Crippen LogP contribution is 2.09. The van der Waals surface area contributed by atoms with Gasteiger partial charge in [-0.25, -0.2) is 4.79 Å². The molecule has 2 nitrogen and oxygen atoms in total. The van der Waals surface area contributed by atoms with Gasteiger partial charge < -0.3 is 5.11 Å². The standard InChI is InChI=1S/C9H16O2/c1-4-5-7(2)6-8(3)9(10)11/h6-7H,4-5H2,1-3H3,(H,10,11)/t7-/m1/s1. The molecular weight excluding hydrogens is 140 g/mol. The molecule has 0 fully saturated rings. The van der Waals surface area contributed by atoms with Crippen LogP contribution in [-0.4, -0.2) is 11.1 Å². The van der Waals surface area contributed by atoms with Crippen molar-refractivity contribution in [3.8, 4) is 0 Å². The summed E-state index contributed by atoms with van der Waals surface area (Å²) in [5.41, 5.74) is 0.450. The van der Waals surface area contributed by atoms with E-state index in [1.54, 1.807) is 6.92 Å². The highest BCUT2D eigenvalue weighted by atomic mass is 16.4. The molecule has 0 aliphatic rings. The first-order chi connectivity index (χ1) is 5.07. The molecule has 0 aromatic rings. The van der Waals surface area contributed by atoms with E-state index in [4.69, 9.17) is 5.11 Å². The summed E-state index contributed by atoms with van der Waals surface area (Å²) in [5.74, 6) is -0.427. The van der Waals surface area contributed by atoms with Crippen molar-refractivity contribution >= 4 is 5.97 Å². The smallest absolute Gasteiger partial charge is 0.330 e. The largest absolute Gasteiger partial charge is 0.478 e. The monoisotopic (exact) mass is 156 g/mol. The van der Waals surface area contributed by atoms with Gasteiger partial charge in [0, 0.05) is 5.57 Å². The number of hydrogen-bond donors (Lipinski definition) is 1. The van der Waals surface area contributed by atoms with Crippen molar-refractivity contribution in [2.24, 2.45) is 5.92 Å². The molecule has 11 heavy (non-hydrogen) atoms. The van der Waals surface area contributed by atoms with Gasteiger partial charge in [0.2, 0.25) is 0 Å². The zero-order valence-electron chi connectivity index (χ0n) is 7.42. The van der Waals surface area contributed by atoms with Crippen molar-refractivity contribution in [1.82, 2.24) is 0 Å². The topological polar surface area (TPSA) is 37.3 Å². The van der Waals surface area contributed by atoms with Gasteiger partial charge in [-0.2, -0.15) is 0 Å². The van der Waals surface area contributed by atoms with E-state index in [2.05, 4.69) is 6.92 Å². The van der Waals surface area contributed by atoms with E-state index < -0.39 is 5.97 Å². The summed E-state index contributed by atoms with van der Waals surface area (Å²) in [6.45, 7) is 5.77. The lowest BCUT2D eigenvalue weighted by molar-refractivity contribution is -0.132. The minimum absolute atomic E-state index is 0.385. The Labute approximate surface area is 67.9 Å². The molecule has 0 saturated carbocycles. The van der Waals surface area contributed by atoms with Crippen LogP contribution in [0.1, 0.15) is 33.6 Å². The van der Waals surface area contributed by atoms with Crippen LogP contribution in [0.2, 0.25) is 0 Å². The minimum atomic E-state index is -0.812. The molecule has 0 bridgehead atoms. The van der Waals surface area contributed by atoms with E-state index in [0.717, 1.165) is 12.8 Å². The van der Waals surface area contributed by atoms with Crippen LogP contribution in [0.5, 0.6) is 0 Å². The Morgan fingerprint density at radius 3 is 2.55 bits per heavy atom. The number of aliphatic carboxylic acids is 1. The van der Waals surface area contributed by atoms with Crippen LogP contribution in [0.15, 0.2) is 11.6 Å². The molecule has 0 aromatic heterocycles. The normalized spacial score (nSPS) is 14.6. The second-order valence-electron chi connectivity index (χ2n) is 2.92. The highest BCUT2D eigenvalue weighted by Gasteiger charge is 2.02. The third-order valence-electron chi connectivity index (χ3n) is 1.62. The molecular formula is C9H16O2. The van der Waals surface area contributed by atoms with Crippen molar-refractivity contribution < 1.29 is 9.90 Å². The third kappa shape index (κ3) is 4.59. The van der Waals surface area contributed by atoms with E-state index in [-0.39, 0.29) is 0 Å². The third-order valence-corrected chi connectivity index (χ3v) is 1.62. The fourth-order valence-electron chi connectivity index (χ4n) is 1.04. The maximum atomic E-state index is 10.4. The fraction of sp³-hybridized carbons (Fsp3) is 0.667. The summed E-state index contributed by atoms with van der Waals surface area (Å²) >= 11 is 0. The second kappa shape index (κ2) is 4.94. The second-order valence-corrected chi connectivity index (χ2v) is 2.92. The SMILES string of the molecule is CCC[C@@H](C)C=C(C)C(=O)O. The molecule has 0 aliphatic heterocycles. The number of hydrogen-bond acceptors (Lipinski definition) is 1. The lowest BCUT2D eigenvalue weighted by Gasteiger charge is -2.03. The maximum Gasteiger partial charge on any atom is 0.330 e. The molecule has 64 valence electrons. The van der Waals surface area contributed by atoms with Gasteiger partial charge in [0.05, 0.1) is 0 Å². The number of carboxylic acid groups (broad SMARTS) is 1. The predicted octanol–water partition coefficient (Wildman–Crippen LogP) is 2.45. The van der Waals surface area contributed by atoms with Gasteiger partial charge in [0.1, 0.15) is 0 Å². The van der Waals surface area contributed by atoms with Gasteiger partial charge in [0.25, 0.3) is 0 Å². The van der Waals surface area contributed by atoms with Crippen molar-refractivity contribution in [3.63, 3.8) is 0 Å². The van der Waals surface area contributed by atoms with E-state index in [9.17, 15) is 4.79 Å². The summed E-state index contributed by atoms with van der Waals surface area (Å²) in [4.78, 5) is 10.4. The average Bonchev–Trinajstić information content (AvgIpc) is 1.87. The summed E-state index contributed by atoms with van der Waals surface area (Å²) in [6.07, 6.45) is 3.97. The summed E-state index contributed by atoms with van der Waals surface area (Å²) in [5, 5.41) is 8.53. The van der Waals surface area contributed by atoms with Gasteiger partial charge in [-0.3, -0.25) is 0 Å². The Kier molecular flexibility index (Phi) is 4.59. The molecule has 0 aromatic carbocycles. The summed E-state index contributed by atoms with van der Waals surface area (Å²) in [6, 6.07) is 0. The molecule has 0 radical (unpaired) electrons. The van der Waals surface area contributed by atoms with Gasteiger partial charge in [-0.15, -0.1) is 0 Å². The lowest BCUT2D eigenvalue weighted by Crippen LogP contribution is -1.99. The zero-order chi connectivity index (χ0) is 8.85. The number of carboxylic acids is 1. The van der Waals surface area contributed by atoms with Crippen LogP contribution in [-0.2, 0) is 4.79 Å². The average molecular weight is 156 g/mol. The van der Waals surface area contributed by atoms with Crippen LogP contribution < -0.4 is 0 Å². The molecule has 0 rings (SSSR count). The summed E-state index contributed by atoms with van der Waals surface area (Å²) < 4.78 is 0. The first-order valence-corrected chi connectivity index (χ1v) is 3.99. The lowest BCUT2D eigenvalue weighted by atomic mass is 10.0. The first-order valence-electron chi connectivity index (χ1n) is 3.99. The summed E-state index contributed by atoms with van der Waals surface area (Å²) in [7, 11) is 0. The molecule has 1 atom stereocenters. The maximum absolute atomic E-state index is 10.4.